The molecule has 0 radical (unpaired) electrons. The standard InChI is InChI=1S/C22H23Cl2F2N3O3/c23-20(24)21(30)28-12-17-13-29(22(31)32-17)16-6-7-18(19(26)10-16)15-4-2-14(3-5-15)11-27-9-1-8-25/h2-7,10,17,20,27H,1,8-9,11-13H2,(H,28,30). The third-order valence-electron chi connectivity index (χ3n) is 4.92. The van der Waals surface area contributed by atoms with Gasteiger partial charge in [-0.05, 0) is 42.3 Å². The highest BCUT2D eigenvalue weighted by Gasteiger charge is 2.33. The summed E-state index contributed by atoms with van der Waals surface area (Å²) in [6, 6.07) is 11.9. The van der Waals surface area contributed by atoms with Gasteiger partial charge >= 0.3 is 6.09 Å². The summed E-state index contributed by atoms with van der Waals surface area (Å²) in [5.74, 6) is -1.06. The van der Waals surface area contributed by atoms with Gasteiger partial charge in [0.2, 0.25) is 0 Å². The van der Waals surface area contributed by atoms with Crippen LogP contribution in [-0.2, 0) is 16.1 Å². The lowest BCUT2D eigenvalue weighted by Crippen LogP contribution is -2.37. The van der Waals surface area contributed by atoms with Crippen molar-refractivity contribution in [1.82, 2.24) is 10.6 Å². The summed E-state index contributed by atoms with van der Waals surface area (Å²) >= 11 is 10.9. The van der Waals surface area contributed by atoms with E-state index in [4.69, 9.17) is 27.9 Å². The van der Waals surface area contributed by atoms with Crippen LogP contribution in [0.1, 0.15) is 12.0 Å². The summed E-state index contributed by atoms with van der Waals surface area (Å²) < 4.78 is 32.2. The number of hydrogen-bond donors (Lipinski definition) is 2. The number of ether oxygens (including phenoxy) is 1. The Bertz CT molecular complexity index is 945. The summed E-state index contributed by atoms with van der Waals surface area (Å²) in [6.07, 6.45) is -0.765. The van der Waals surface area contributed by atoms with E-state index in [9.17, 15) is 18.4 Å². The second kappa shape index (κ2) is 11.4. The van der Waals surface area contributed by atoms with Crippen molar-refractivity contribution in [2.24, 2.45) is 0 Å². The Morgan fingerprint density at radius 2 is 1.97 bits per heavy atom. The van der Waals surface area contributed by atoms with Crippen LogP contribution in [0.2, 0.25) is 0 Å². The number of halogens is 4. The minimum absolute atomic E-state index is 0.0482. The van der Waals surface area contributed by atoms with Gasteiger partial charge < -0.3 is 15.4 Å². The molecule has 1 atom stereocenters. The maximum Gasteiger partial charge on any atom is 0.414 e. The Kier molecular flexibility index (Phi) is 8.67. The average Bonchev–Trinajstić information content (AvgIpc) is 3.16. The lowest BCUT2D eigenvalue weighted by Gasteiger charge is -2.15. The van der Waals surface area contributed by atoms with Gasteiger partial charge in [-0.2, -0.15) is 0 Å². The van der Waals surface area contributed by atoms with Crippen LogP contribution in [0.4, 0.5) is 19.3 Å². The SMILES string of the molecule is O=C(NCC1CN(c2ccc(-c3ccc(CNCCCF)cc3)c(F)c2)C(=O)O1)C(Cl)Cl. The van der Waals surface area contributed by atoms with Crippen LogP contribution in [0.25, 0.3) is 11.1 Å². The first kappa shape index (κ1) is 24.2. The molecule has 32 heavy (non-hydrogen) atoms. The van der Waals surface area contributed by atoms with E-state index in [2.05, 4.69) is 10.6 Å². The second-order valence-electron chi connectivity index (χ2n) is 7.24. The first-order valence-corrected chi connectivity index (χ1v) is 11.0. The molecule has 0 saturated carbocycles. The summed E-state index contributed by atoms with van der Waals surface area (Å²) in [5, 5.41) is 5.62. The highest BCUT2D eigenvalue weighted by atomic mass is 35.5. The van der Waals surface area contributed by atoms with Crippen LogP contribution in [0.5, 0.6) is 0 Å². The normalized spacial score (nSPS) is 15.8. The summed E-state index contributed by atoms with van der Waals surface area (Å²) in [7, 11) is 0. The average molecular weight is 486 g/mol. The third-order valence-corrected chi connectivity index (χ3v) is 5.32. The van der Waals surface area contributed by atoms with Crippen molar-refractivity contribution in [2.45, 2.75) is 23.9 Å². The Labute approximate surface area is 194 Å². The van der Waals surface area contributed by atoms with Gasteiger partial charge in [-0.3, -0.25) is 14.1 Å². The number of benzene rings is 2. The van der Waals surface area contributed by atoms with Crippen molar-refractivity contribution in [2.75, 3.05) is 31.2 Å². The number of amides is 2. The van der Waals surface area contributed by atoms with Crippen molar-refractivity contribution in [1.29, 1.82) is 0 Å². The van der Waals surface area contributed by atoms with Crippen molar-refractivity contribution < 1.29 is 23.1 Å². The van der Waals surface area contributed by atoms with E-state index in [1.54, 1.807) is 12.1 Å². The van der Waals surface area contributed by atoms with E-state index in [0.717, 1.165) is 5.56 Å². The monoisotopic (exact) mass is 485 g/mol. The molecule has 2 N–H and O–H groups in total. The highest BCUT2D eigenvalue weighted by Crippen LogP contribution is 2.29. The lowest BCUT2D eigenvalue weighted by molar-refractivity contribution is -0.119. The van der Waals surface area contributed by atoms with E-state index in [1.165, 1.54) is 11.0 Å². The smallest absolute Gasteiger partial charge is 0.414 e. The van der Waals surface area contributed by atoms with Crippen molar-refractivity contribution >= 4 is 40.9 Å². The molecule has 2 amide bonds. The Morgan fingerprint density at radius 1 is 1.22 bits per heavy atom. The zero-order valence-electron chi connectivity index (χ0n) is 17.1. The quantitative estimate of drug-likeness (QED) is 0.391. The molecule has 10 heteroatoms. The number of anilines is 1. The molecule has 6 nitrogen and oxygen atoms in total. The van der Waals surface area contributed by atoms with Crippen molar-refractivity contribution in [3.05, 3.63) is 53.8 Å². The molecule has 1 heterocycles. The molecule has 1 aliphatic heterocycles. The number of carbonyl (C=O) groups is 2. The van der Waals surface area contributed by atoms with E-state index >= 15 is 0 Å². The van der Waals surface area contributed by atoms with Crippen LogP contribution in [-0.4, -0.2) is 49.2 Å². The Balaban J connectivity index is 1.62. The summed E-state index contributed by atoms with van der Waals surface area (Å²) in [6.45, 7) is 1.05. The summed E-state index contributed by atoms with van der Waals surface area (Å²) in [5.41, 5.74) is 2.46. The molecule has 3 rings (SSSR count). The minimum atomic E-state index is -1.21. The first-order chi connectivity index (χ1) is 15.4. The number of nitrogens with zero attached hydrogens (tertiary/aromatic N) is 1. The Hall–Kier alpha value is -2.42. The fourth-order valence-electron chi connectivity index (χ4n) is 3.26. The number of rotatable bonds is 10. The van der Waals surface area contributed by atoms with Gasteiger partial charge in [0.1, 0.15) is 11.9 Å². The topological polar surface area (TPSA) is 70.7 Å². The molecule has 1 unspecified atom stereocenters. The molecule has 1 fully saturated rings. The lowest BCUT2D eigenvalue weighted by atomic mass is 10.0. The van der Waals surface area contributed by atoms with E-state index < -0.39 is 28.8 Å². The molecule has 0 bridgehead atoms. The maximum atomic E-state index is 14.8. The number of cyclic esters (lactones) is 1. The Morgan fingerprint density at radius 3 is 2.62 bits per heavy atom. The minimum Gasteiger partial charge on any atom is -0.442 e. The largest absolute Gasteiger partial charge is 0.442 e. The van der Waals surface area contributed by atoms with Gasteiger partial charge in [-0.15, -0.1) is 0 Å². The van der Waals surface area contributed by atoms with Crippen LogP contribution in [0, 0.1) is 5.82 Å². The molecule has 1 saturated heterocycles. The van der Waals surface area contributed by atoms with Crippen LogP contribution in [0.3, 0.4) is 0 Å². The van der Waals surface area contributed by atoms with Crippen LogP contribution in [0.15, 0.2) is 42.5 Å². The number of alkyl halides is 3. The molecule has 0 aromatic heterocycles. The van der Waals surface area contributed by atoms with Gasteiger partial charge in [-0.1, -0.05) is 47.5 Å². The third kappa shape index (κ3) is 6.31. The predicted octanol–water partition coefficient (Wildman–Crippen LogP) is 4.19. The zero-order chi connectivity index (χ0) is 23.1. The van der Waals surface area contributed by atoms with Crippen LogP contribution < -0.4 is 15.5 Å². The predicted molar refractivity (Wildman–Crippen MR) is 120 cm³/mol. The molecule has 2 aromatic rings. The number of nitrogens with one attached hydrogen (secondary N) is 2. The molecular weight excluding hydrogens is 463 g/mol. The molecule has 0 aliphatic carbocycles. The fraction of sp³-hybridized carbons (Fsp3) is 0.364. The number of carbonyl (C=O) groups excluding carboxylic acids is 2. The first-order valence-electron chi connectivity index (χ1n) is 10.1. The van der Waals surface area contributed by atoms with Gasteiger partial charge in [0, 0.05) is 12.1 Å². The zero-order valence-corrected chi connectivity index (χ0v) is 18.6. The maximum absolute atomic E-state index is 14.8. The van der Waals surface area contributed by atoms with E-state index in [1.807, 2.05) is 24.3 Å². The van der Waals surface area contributed by atoms with Crippen molar-refractivity contribution in [3.63, 3.8) is 0 Å². The molecule has 2 aromatic carbocycles. The molecule has 0 spiro atoms. The van der Waals surface area contributed by atoms with Crippen molar-refractivity contribution in [3.8, 4) is 11.1 Å². The van der Waals surface area contributed by atoms with Gasteiger partial charge in [0.25, 0.3) is 5.91 Å². The van der Waals surface area contributed by atoms with Gasteiger partial charge in [0.05, 0.1) is 25.5 Å². The van der Waals surface area contributed by atoms with Gasteiger partial charge in [-0.25, -0.2) is 9.18 Å². The fourth-order valence-corrected chi connectivity index (χ4v) is 3.42. The van der Waals surface area contributed by atoms with E-state index in [-0.39, 0.29) is 19.8 Å². The van der Waals surface area contributed by atoms with Crippen LogP contribution >= 0.6 is 23.2 Å². The van der Waals surface area contributed by atoms with E-state index in [0.29, 0.717) is 36.3 Å². The highest BCUT2D eigenvalue weighted by molar-refractivity contribution is 6.53. The second-order valence-corrected chi connectivity index (χ2v) is 8.34. The molecular formula is C22H23Cl2F2N3O3. The van der Waals surface area contributed by atoms with Gasteiger partial charge in [0.15, 0.2) is 4.84 Å². The molecule has 1 aliphatic rings. The number of hydrogen-bond acceptors (Lipinski definition) is 4. The summed E-state index contributed by atoms with van der Waals surface area (Å²) in [4.78, 5) is 23.7. The molecule has 172 valence electrons.